The van der Waals surface area contributed by atoms with E-state index in [-0.39, 0.29) is 5.69 Å². The van der Waals surface area contributed by atoms with Gasteiger partial charge in [0.1, 0.15) is 5.82 Å². The summed E-state index contributed by atoms with van der Waals surface area (Å²) in [5.74, 6) is 0.586. The fourth-order valence-corrected chi connectivity index (χ4v) is 0.582. The molecule has 0 aliphatic heterocycles. The van der Waals surface area contributed by atoms with E-state index in [1.54, 1.807) is 6.07 Å². The highest BCUT2D eigenvalue weighted by Gasteiger charge is 1.87. The van der Waals surface area contributed by atoms with E-state index >= 15 is 0 Å². The van der Waals surface area contributed by atoms with Crippen molar-refractivity contribution in [3.63, 3.8) is 0 Å². The highest BCUT2D eigenvalue weighted by Crippen LogP contribution is 1.91. The van der Waals surface area contributed by atoms with E-state index in [9.17, 15) is 4.79 Å². The van der Waals surface area contributed by atoms with Gasteiger partial charge in [-0.05, 0) is 6.07 Å². The average molecular weight is 140 g/mol. The van der Waals surface area contributed by atoms with E-state index in [1.165, 1.54) is 6.20 Å². The van der Waals surface area contributed by atoms with Crippen molar-refractivity contribution in [2.24, 2.45) is 5.73 Å². The van der Waals surface area contributed by atoms with Crippen LogP contribution in [0.5, 0.6) is 0 Å². The Kier molecular flexibility index (Phi) is 2.01. The first-order valence-corrected chi connectivity index (χ1v) is 2.82. The minimum atomic E-state index is -0.376. The predicted octanol–water partition coefficient (Wildman–Crippen LogP) is -0.902. The second kappa shape index (κ2) is 2.98. The lowest BCUT2D eigenvalue weighted by Crippen LogP contribution is -2.16. The Labute approximate surface area is 57.3 Å². The van der Waals surface area contributed by atoms with E-state index in [4.69, 9.17) is 5.73 Å². The number of anilines is 1. The second-order valence-corrected chi connectivity index (χ2v) is 1.67. The predicted molar refractivity (Wildman–Crippen MR) is 37.5 cm³/mol. The zero-order valence-corrected chi connectivity index (χ0v) is 5.29. The Morgan fingerprint density at radius 3 is 3.20 bits per heavy atom. The summed E-state index contributed by atoms with van der Waals surface area (Å²) in [5.41, 5.74) is 4.78. The number of rotatable bonds is 2. The van der Waals surface area contributed by atoms with Crippen LogP contribution in [0.2, 0.25) is 0 Å². The number of nitrogens with one attached hydrogen (secondary N) is 2. The van der Waals surface area contributed by atoms with Crippen molar-refractivity contribution in [3.05, 3.63) is 22.7 Å². The van der Waals surface area contributed by atoms with Crippen LogP contribution in [0.1, 0.15) is 0 Å². The third kappa shape index (κ3) is 1.56. The van der Waals surface area contributed by atoms with Gasteiger partial charge < -0.3 is 11.1 Å². The molecular formula is C5H8N4O. The molecule has 5 nitrogen and oxygen atoms in total. The molecule has 0 aliphatic rings. The zero-order valence-electron chi connectivity index (χ0n) is 5.29. The van der Waals surface area contributed by atoms with Gasteiger partial charge in [0.15, 0.2) is 0 Å². The molecule has 0 radical (unpaired) electrons. The maximum Gasteiger partial charge on any atom is 0.346 e. The molecule has 0 atom stereocenters. The maximum absolute atomic E-state index is 10.5. The Bertz CT molecular complexity index is 256. The van der Waals surface area contributed by atoms with Gasteiger partial charge in [0, 0.05) is 6.20 Å². The second-order valence-electron chi connectivity index (χ2n) is 1.67. The summed E-state index contributed by atoms with van der Waals surface area (Å²) in [6, 6.07) is 1.63. The summed E-state index contributed by atoms with van der Waals surface area (Å²) in [6.07, 6.45) is 1.41. The summed E-state index contributed by atoms with van der Waals surface area (Å²) >= 11 is 0. The largest absolute Gasteiger partial charge is 0.359 e. The number of nitrogens with two attached hydrogens (primary N) is 1. The first kappa shape index (κ1) is 6.76. The fourth-order valence-electron chi connectivity index (χ4n) is 0.582. The minimum absolute atomic E-state index is 0.292. The molecule has 4 N–H and O–H groups in total. The van der Waals surface area contributed by atoms with Gasteiger partial charge in [0.05, 0.1) is 6.67 Å². The molecule has 10 heavy (non-hydrogen) atoms. The molecule has 1 aromatic heterocycles. The Hall–Kier alpha value is -1.36. The van der Waals surface area contributed by atoms with Crippen LogP contribution in [0.3, 0.4) is 0 Å². The van der Waals surface area contributed by atoms with Crippen LogP contribution in [-0.4, -0.2) is 16.6 Å². The number of nitrogens with zero attached hydrogens (tertiary/aromatic N) is 1. The van der Waals surface area contributed by atoms with Gasteiger partial charge in [0.2, 0.25) is 0 Å². The van der Waals surface area contributed by atoms with Crippen LogP contribution >= 0.6 is 0 Å². The highest BCUT2D eigenvalue weighted by molar-refractivity contribution is 5.30. The molecular weight excluding hydrogens is 132 g/mol. The Morgan fingerprint density at radius 2 is 2.60 bits per heavy atom. The molecule has 0 saturated carbocycles. The van der Waals surface area contributed by atoms with Gasteiger partial charge in [-0.25, -0.2) is 9.78 Å². The number of H-pyrrole nitrogens is 1. The summed E-state index contributed by atoms with van der Waals surface area (Å²) in [5, 5.41) is 2.73. The van der Waals surface area contributed by atoms with Gasteiger partial charge in [-0.15, -0.1) is 0 Å². The summed E-state index contributed by atoms with van der Waals surface area (Å²) in [6.45, 7) is 0.292. The van der Waals surface area contributed by atoms with Gasteiger partial charge in [-0.1, -0.05) is 0 Å². The molecule has 0 aromatic carbocycles. The van der Waals surface area contributed by atoms with Crippen molar-refractivity contribution in [3.8, 4) is 0 Å². The Balaban J connectivity index is 2.85. The lowest BCUT2D eigenvalue weighted by Gasteiger charge is -1.98. The molecule has 1 heterocycles. The molecule has 0 bridgehead atoms. The Morgan fingerprint density at radius 1 is 1.80 bits per heavy atom. The molecule has 5 heteroatoms. The number of hydrogen-bond donors (Lipinski definition) is 3. The molecule has 0 fully saturated rings. The van der Waals surface area contributed by atoms with Crippen LogP contribution in [0.4, 0.5) is 5.82 Å². The molecule has 0 spiro atoms. The SMILES string of the molecule is NCNc1ccnc(=O)[nH]1. The van der Waals surface area contributed by atoms with Gasteiger partial charge in [-0.2, -0.15) is 0 Å². The third-order valence-electron chi connectivity index (χ3n) is 0.967. The van der Waals surface area contributed by atoms with E-state index in [0.29, 0.717) is 12.5 Å². The standard InChI is InChI=1S/C5H8N4O/c6-3-8-4-1-2-7-5(10)9-4/h1-2H,3,6H2,(H2,7,8,9,10). The van der Waals surface area contributed by atoms with Crippen LogP contribution in [0, 0.1) is 0 Å². The van der Waals surface area contributed by atoms with Crippen molar-refractivity contribution in [1.29, 1.82) is 0 Å². The molecule has 0 amide bonds. The molecule has 1 aromatic rings. The van der Waals surface area contributed by atoms with Gasteiger partial charge in [0.25, 0.3) is 0 Å². The van der Waals surface area contributed by atoms with Crippen LogP contribution in [0.15, 0.2) is 17.1 Å². The number of hydrogen-bond acceptors (Lipinski definition) is 4. The first-order valence-electron chi connectivity index (χ1n) is 2.82. The van der Waals surface area contributed by atoms with Crippen molar-refractivity contribution in [2.45, 2.75) is 0 Å². The lowest BCUT2D eigenvalue weighted by molar-refractivity contribution is 1.04. The van der Waals surface area contributed by atoms with E-state index in [1.807, 2.05) is 0 Å². The topological polar surface area (TPSA) is 83.8 Å². The van der Waals surface area contributed by atoms with Crippen molar-refractivity contribution >= 4 is 5.82 Å². The monoisotopic (exact) mass is 140 g/mol. The number of aromatic amines is 1. The average Bonchev–Trinajstić information content (AvgIpc) is 1.88. The zero-order chi connectivity index (χ0) is 7.40. The molecule has 54 valence electrons. The van der Waals surface area contributed by atoms with Crippen molar-refractivity contribution in [1.82, 2.24) is 9.97 Å². The van der Waals surface area contributed by atoms with E-state index in [0.717, 1.165) is 0 Å². The smallest absolute Gasteiger partial charge is 0.346 e. The van der Waals surface area contributed by atoms with Crippen molar-refractivity contribution in [2.75, 3.05) is 12.0 Å². The van der Waals surface area contributed by atoms with Crippen LogP contribution < -0.4 is 16.7 Å². The van der Waals surface area contributed by atoms with E-state index < -0.39 is 0 Å². The summed E-state index contributed by atoms with van der Waals surface area (Å²) < 4.78 is 0. The molecule has 0 unspecified atom stereocenters. The van der Waals surface area contributed by atoms with Crippen LogP contribution in [0.25, 0.3) is 0 Å². The van der Waals surface area contributed by atoms with Gasteiger partial charge in [-0.3, -0.25) is 4.98 Å². The normalized spacial score (nSPS) is 9.30. The maximum atomic E-state index is 10.5. The van der Waals surface area contributed by atoms with E-state index in [2.05, 4.69) is 15.3 Å². The minimum Gasteiger partial charge on any atom is -0.359 e. The molecule has 0 aliphatic carbocycles. The highest BCUT2D eigenvalue weighted by atomic mass is 16.1. The lowest BCUT2D eigenvalue weighted by atomic mass is 10.6. The van der Waals surface area contributed by atoms with Crippen LogP contribution in [-0.2, 0) is 0 Å². The van der Waals surface area contributed by atoms with Crippen molar-refractivity contribution < 1.29 is 0 Å². The fraction of sp³-hybridized carbons (Fsp3) is 0.200. The third-order valence-corrected chi connectivity index (χ3v) is 0.967. The van der Waals surface area contributed by atoms with Gasteiger partial charge >= 0.3 is 5.69 Å². The summed E-state index contributed by atoms with van der Waals surface area (Å²) in [7, 11) is 0. The molecule has 1 rings (SSSR count). The molecule has 0 saturated heterocycles. The summed E-state index contributed by atoms with van der Waals surface area (Å²) in [4.78, 5) is 16.4. The first-order chi connectivity index (χ1) is 4.83. The number of aromatic nitrogens is 2. The quantitative estimate of drug-likeness (QED) is 0.465.